The van der Waals surface area contributed by atoms with E-state index in [0.717, 1.165) is 0 Å². The van der Waals surface area contributed by atoms with Crippen molar-refractivity contribution < 1.29 is 14.6 Å². The Morgan fingerprint density at radius 3 is 2.90 bits per heavy atom. The van der Waals surface area contributed by atoms with Crippen molar-refractivity contribution in [3.05, 3.63) is 35.1 Å². The van der Waals surface area contributed by atoms with Crippen molar-refractivity contribution in [1.29, 1.82) is 0 Å². The van der Waals surface area contributed by atoms with Gasteiger partial charge in [-0.2, -0.15) is 0 Å². The number of tetrazole rings is 1. The number of carboxylic acids is 1. The van der Waals surface area contributed by atoms with Crippen molar-refractivity contribution in [2.24, 2.45) is 5.41 Å². The summed E-state index contributed by atoms with van der Waals surface area (Å²) in [5.41, 5.74) is -0.972. The van der Waals surface area contributed by atoms with Crippen LogP contribution < -0.4 is 4.74 Å². The van der Waals surface area contributed by atoms with Crippen LogP contribution in [0, 0.1) is 5.41 Å². The minimum atomic E-state index is -0.972. The van der Waals surface area contributed by atoms with Crippen LogP contribution in [0.15, 0.2) is 24.3 Å². The molecule has 1 aromatic carbocycles. The van der Waals surface area contributed by atoms with Gasteiger partial charge in [-0.25, -0.2) is 4.68 Å². The van der Waals surface area contributed by atoms with E-state index in [-0.39, 0.29) is 13.2 Å². The van der Waals surface area contributed by atoms with Crippen molar-refractivity contribution in [2.45, 2.75) is 27.0 Å². The van der Waals surface area contributed by atoms with E-state index < -0.39 is 11.4 Å². The first-order chi connectivity index (χ1) is 9.88. The standard InChI is InChI=1S/C13H15ClN4O3/c1-13(2,12(19)20)8-18-11(15-16-17-18)7-21-10-5-3-4-9(14)6-10/h3-6H,7-8H2,1-2H3,(H,19,20). The van der Waals surface area contributed by atoms with Gasteiger partial charge in [-0.15, -0.1) is 5.10 Å². The number of carbonyl (C=O) groups is 1. The van der Waals surface area contributed by atoms with Crippen LogP contribution in [-0.4, -0.2) is 31.3 Å². The predicted octanol–water partition coefficient (Wildman–Crippen LogP) is 2.02. The molecule has 0 saturated carbocycles. The molecule has 1 aromatic heterocycles. The van der Waals surface area contributed by atoms with Gasteiger partial charge >= 0.3 is 5.97 Å². The molecule has 0 aliphatic heterocycles. The van der Waals surface area contributed by atoms with Crippen LogP contribution in [-0.2, 0) is 17.9 Å². The summed E-state index contributed by atoms with van der Waals surface area (Å²) >= 11 is 5.87. The molecule has 21 heavy (non-hydrogen) atoms. The number of rotatable bonds is 6. The van der Waals surface area contributed by atoms with E-state index >= 15 is 0 Å². The molecule has 0 spiro atoms. The second-order valence-electron chi connectivity index (χ2n) is 5.19. The number of halogens is 1. The highest BCUT2D eigenvalue weighted by molar-refractivity contribution is 6.30. The zero-order valence-electron chi connectivity index (χ0n) is 11.7. The summed E-state index contributed by atoms with van der Waals surface area (Å²) in [4.78, 5) is 11.1. The molecule has 0 aliphatic carbocycles. The Kier molecular flexibility index (Phi) is 4.42. The molecule has 0 amide bonds. The van der Waals surface area contributed by atoms with Crippen molar-refractivity contribution in [1.82, 2.24) is 20.2 Å². The number of aromatic nitrogens is 4. The molecule has 0 aliphatic rings. The van der Waals surface area contributed by atoms with Gasteiger partial charge in [0.1, 0.15) is 12.4 Å². The van der Waals surface area contributed by atoms with Gasteiger partial charge in [0.2, 0.25) is 0 Å². The van der Waals surface area contributed by atoms with Gasteiger partial charge in [0.15, 0.2) is 5.82 Å². The highest BCUT2D eigenvalue weighted by Gasteiger charge is 2.29. The fourth-order valence-corrected chi connectivity index (χ4v) is 1.78. The number of nitrogens with zero attached hydrogens (tertiary/aromatic N) is 4. The molecular formula is C13H15ClN4O3. The maximum atomic E-state index is 11.1. The Labute approximate surface area is 126 Å². The predicted molar refractivity (Wildman–Crippen MR) is 75.0 cm³/mol. The zero-order valence-corrected chi connectivity index (χ0v) is 12.4. The molecular weight excluding hydrogens is 296 g/mol. The smallest absolute Gasteiger partial charge is 0.310 e. The number of carboxylic acid groups (broad SMARTS) is 1. The van der Waals surface area contributed by atoms with Crippen molar-refractivity contribution >= 4 is 17.6 Å². The second-order valence-corrected chi connectivity index (χ2v) is 5.62. The minimum absolute atomic E-state index is 0.128. The molecule has 0 bridgehead atoms. The van der Waals surface area contributed by atoms with Crippen molar-refractivity contribution in [3.8, 4) is 5.75 Å². The Morgan fingerprint density at radius 2 is 2.24 bits per heavy atom. The zero-order chi connectivity index (χ0) is 15.5. The van der Waals surface area contributed by atoms with Crippen LogP contribution in [0.4, 0.5) is 0 Å². The Bertz CT molecular complexity index is 642. The number of hydrogen-bond donors (Lipinski definition) is 1. The molecule has 7 nitrogen and oxygen atoms in total. The summed E-state index contributed by atoms with van der Waals surface area (Å²) in [5, 5.41) is 20.9. The van der Waals surface area contributed by atoms with Crippen LogP contribution in [0.3, 0.4) is 0 Å². The van der Waals surface area contributed by atoms with Gasteiger partial charge in [0.05, 0.1) is 12.0 Å². The lowest BCUT2D eigenvalue weighted by Gasteiger charge is -2.19. The molecule has 0 unspecified atom stereocenters. The first-order valence-electron chi connectivity index (χ1n) is 6.25. The Balaban J connectivity index is 2.05. The van der Waals surface area contributed by atoms with E-state index in [9.17, 15) is 4.79 Å². The largest absolute Gasteiger partial charge is 0.485 e. The summed E-state index contributed by atoms with van der Waals surface area (Å²) in [7, 11) is 0. The van der Waals surface area contributed by atoms with Crippen LogP contribution in [0.1, 0.15) is 19.7 Å². The van der Waals surface area contributed by atoms with Crippen LogP contribution >= 0.6 is 11.6 Å². The topological polar surface area (TPSA) is 90.1 Å². The molecule has 0 fully saturated rings. The van der Waals surface area contributed by atoms with Gasteiger partial charge < -0.3 is 9.84 Å². The third-order valence-electron chi connectivity index (χ3n) is 2.89. The highest BCUT2D eigenvalue weighted by Crippen LogP contribution is 2.20. The number of ether oxygens (including phenoxy) is 1. The minimum Gasteiger partial charge on any atom is -0.485 e. The first kappa shape index (κ1) is 15.2. The number of aliphatic carboxylic acids is 1. The van der Waals surface area contributed by atoms with Crippen molar-refractivity contribution in [3.63, 3.8) is 0 Å². The van der Waals surface area contributed by atoms with Crippen LogP contribution in [0.2, 0.25) is 5.02 Å². The Hall–Kier alpha value is -2.15. The first-order valence-corrected chi connectivity index (χ1v) is 6.63. The fourth-order valence-electron chi connectivity index (χ4n) is 1.60. The van der Waals surface area contributed by atoms with E-state index in [1.807, 2.05) is 0 Å². The summed E-state index contributed by atoms with van der Waals surface area (Å²) in [6.45, 7) is 3.50. The molecule has 112 valence electrons. The number of hydrogen-bond acceptors (Lipinski definition) is 5. The second kappa shape index (κ2) is 6.09. The highest BCUT2D eigenvalue weighted by atomic mass is 35.5. The summed E-state index contributed by atoms with van der Waals surface area (Å²) in [6.07, 6.45) is 0. The molecule has 1 heterocycles. The lowest BCUT2D eigenvalue weighted by atomic mass is 9.94. The van der Waals surface area contributed by atoms with Gasteiger partial charge in [0.25, 0.3) is 0 Å². The maximum Gasteiger partial charge on any atom is 0.310 e. The van der Waals surface area contributed by atoms with Gasteiger partial charge in [0, 0.05) is 5.02 Å². The molecule has 8 heteroatoms. The molecule has 1 N–H and O–H groups in total. The van der Waals surface area contributed by atoms with Crippen molar-refractivity contribution in [2.75, 3.05) is 0 Å². The van der Waals surface area contributed by atoms with E-state index in [2.05, 4.69) is 15.5 Å². The van der Waals surface area contributed by atoms with Gasteiger partial charge in [-0.05, 0) is 42.5 Å². The summed E-state index contributed by atoms with van der Waals surface area (Å²) in [5.74, 6) is 0.124. The van der Waals surface area contributed by atoms with E-state index in [1.54, 1.807) is 38.1 Å². The lowest BCUT2D eigenvalue weighted by molar-refractivity contribution is -0.147. The van der Waals surface area contributed by atoms with Gasteiger partial charge in [-0.3, -0.25) is 4.79 Å². The summed E-state index contributed by atoms with van der Waals surface area (Å²) < 4.78 is 6.98. The van der Waals surface area contributed by atoms with Gasteiger partial charge in [-0.1, -0.05) is 17.7 Å². The number of benzene rings is 1. The van der Waals surface area contributed by atoms with E-state index in [1.165, 1.54) is 4.68 Å². The quantitative estimate of drug-likeness (QED) is 0.877. The molecule has 0 atom stereocenters. The molecule has 2 aromatic rings. The maximum absolute atomic E-state index is 11.1. The fraction of sp³-hybridized carbons (Fsp3) is 0.385. The van der Waals surface area contributed by atoms with Crippen LogP contribution in [0.5, 0.6) is 5.75 Å². The average Bonchev–Trinajstić information content (AvgIpc) is 2.83. The average molecular weight is 311 g/mol. The normalized spacial score (nSPS) is 11.4. The molecule has 2 rings (SSSR count). The third kappa shape index (κ3) is 3.91. The monoisotopic (exact) mass is 310 g/mol. The molecule has 0 saturated heterocycles. The van der Waals surface area contributed by atoms with E-state index in [0.29, 0.717) is 16.6 Å². The summed E-state index contributed by atoms with van der Waals surface area (Å²) in [6, 6.07) is 6.96. The Morgan fingerprint density at radius 1 is 1.48 bits per heavy atom. The van der Waals surface area contributed by atoms with E-state index in [4.69, 9.17) is 21.4 Å². The SMILES string of the molecule is CC(C)(Cn1nnnc1COc1cccc(Cl)c1)C(=O)O. The molecule has 0 radical (unpaired) electrons. The van der Waals surface area contributed by atoms with Crippen LogP contribution in [0.25, 0.3) is 0 Å². The third-order valence-corrected chi connectivity index (χ3v) is 3.13. The lowest BCUT2D eigenvalue weighted by Crippen LogP contribution is -2.30.